The summed E-state index contributed by atoms with van der Waals surface area (Å²) in [6.07, 6.45) is 1.81. The van der Waals surface area contributed by atoms with Crippen molar-refractivity contribution in [1.29, 1.82) is 0 Å². The molecule has 1 aromatic carbocycles. The molecule has 7 nitrogen and oxygen atoms in total. The molecular weight excluding hydrogens is 447 g/mol. The minimum atomic E-state index is -0.419. The largest absolute Gasteiger partial charge is 0.354 e. The Morgan fingerprint density at radius 3 is 2.70 bits per heavy atom. The molecule has 2 heterocycles. The molecule has 158 valence electrons. The fraction of sp³-hybridized carbons (Fsp3) is 0.300. The van der Waals surface area contributed by atoms with Crippen molar-refractivity contribution in [2.45, 2.75) is 26.8 Å². The number of halogens is 2. The molecule has 1 fully saturated rings. The SMILES string of the molecule is Cc1cc(C)n(CCC(=O)NCCN2C(=O)S/C(=C\c3cccc(Cl)c3Cl)C2=O)n1. The van der Waals surface area contributed by atoms with Crippen LogP contribution in [0.3, 0.4) is 0 Å². The normalized spacial score (nSPS) is 15.3. The molecule has 0 radical (unpaired) electrons. The van der Waals surface area contributed by atoms with E-state index in [2.05, 4.69) is 10.4 Å². The zero-order valence-corrected chi connectivity index (χ0v) is 18.8. The lowest BCUT2D eigenvalue weighted by molar-refractivity contribution is -0.124. The molecule has 1 aliphatic rings. The number of hydrogen-bond acceptors (Lipinski definition) is 5. The second-order valence-electron chi connectivity index (χ2n) is 6.73. The minimum absolute atomic E-state index is 0.0942. The van der Waals surface area contributed by atoms with Gasteiger partial charge < -0.3 is 5.32 Å². The number of amides is 3. The molecule has 3 amide bonds. The third-order valence-corrected chi connectivity index (χ3v) is 6.19. The van der Waals surface area contributed by atoms with Crippen LogP contribution in [-0.2, 0) is 16.1 Å². The zero-order valence-electron chi connectivity index (χ0n) is 16.4. The standard InChI is InChI=1S/C20H20Cl2N4O3S/c1-12-10-13(2)26(24-12)8-6-17(27)23-7-9-25-19(28)16(30-20(25)29)11-14-4-3-5-15(21)18(14)22/h3-5,10-11H,6-9H2,1-2H3,(H,23,27)/b16-11-. The Kier molecular flexibility index (Phi) is 7.23. The molecule has 0 saturated carbocycles. The monoisotopic (exact) mass is 466 g/mol. The highest BCUT2D eigenvalue weighted by molar-refractivity contribution is 8.18. The van der Waals surface area contributed by atoms with Gasteiger partial charge in [0.1, 0.15) is 0 Å². The van der Waals surface area contributed by atoms with Gasteiger partial charge in [0.15, 0.2) is 0 Å². The van der Waals surface area contributed by atoms with Crippen LogP contribution < -0.4 is 5.32 Å². The minimum Gasteiger partial charge on any atom is -0.354 e. The van der Waals surface area contributed by atoms with Crippen molar-refractivity contribution in [3.05, 3.63) is 56.2 Å². The average molecular weight is 467 g/mol. The van der Waals surface area contributed by atoms with Crippen molar-refractivity contribution >= 4 is 58.1 Å². The van der Waals surface area contributed by atoms with Gasteiger partial charge in [-0.1, -0.05) is 35.3 Å². The molecule has 0 bridgehead atoms. The molecule has 1 N–H and O–H groups in total. The summed E-state index contributed by atoms with van der Waals surface area (Å²) in [6.45, 7) is 4.57. The maximum Gasteiger partial charge on any atom is 0.293 e. The Balaban J connectivity index is 1.52. The van der Waals surface area contributed by atoms with Gasteiger partial charge in [0.05, 0.1) is 20.6 Å². The number of aromatic nitrogens is 2. The van der Waals surface area contributed by atoms with E-state index in [4.69, 9.17) is 23.2 Å². The fourth-order valence-corrected chi connectivity index (χ4v) is 4.19. The first kappa shape index (κ1) is 22.4. The van der Waals surface area contributed by atoms with E-state index in [1.807, 2.05) is 19.9 Å². The summed E-state index contributed by atoms with van der Waals surface area (Å²) in [4.78, 5) is 38.2. The molecule has 0 unspecified atom stereocenters. The predicted molar refractivity (Wildman–Crippen MR) is 118 cm³/mol. The molecular formula is C20H20Cl2N4O3S. The molecule has 10 heteroatoms. The van der Waals surface area contributed by atoms with Gasteiger partial charge in [-0.3, -0.25) is 24.0 Å². The molecule has 0 spiro atoms. The van der Waals surface area contributed by atoms with Crippen LogP contribution in [0.1, 0.15) is 23.4 Å². The van der Waals surface area contributed by atoms with Crippen LogP contribution in [-0.4, -0.2) is 44.8 Å². The predicted octanol–water partition coefficient (Wildman–Crippen LogP) is 4.05. The van der Waals surface area contributed by atoms with Crippen molar-refractivity contribution in [2.75, 3.05) is 13.1 Å². The first-order valence-corrected chi connectivity index (χ1v) is 10.8. The van der Waals surface area contributed by atoms with Crippen molar-refractivity contribution < 1.29 is 14.4 Å². The summed E-state index contributed by atoms with van der Waals surface area (Å²) in [5.74, 6) is -0.589. The van der Waals surface area contributed by atoms with E-state index >= 15 is 0 Å². The summed E-state index contributed by atoms with van der Waals surface area (Å²) in [7, 11) is 0. The van der Waals surface area contributed by atoms with Gasteiger partial charge in [0.2, 0.25) is 5.91 Å². The number of aryl methyl sites for hydroxylation is 3. The number of rotatable bonds is 7. The van der Waals surface area contributed by atoms with Crippen LogP contribution >= 0.6 is 35.0 Å². The van der Waals surface area contributed by atoms with Crippen LogP contribution in [0, 0.1) is 13.8 Å². The van der Waals surface area contributed by atoms with Gasteiger partial charge >= 0.3 is 0 Å². The van der Waals surface area contributed by atoms with Crippen molar-refractivity contribution in [3.8, 4) is 0 Å². The number of nitrogens with zero attached hydrogens (tertiary/aromatic N) is 3. The molecule has 1 aliphatic heterocycles. The topological polar surface area (TPSA) is 84.3 Å². The van der Waals surface area contributed by atoms with Gasteiger partial charge in [-0.2, -0.15) is 5.10 Å². The third-order valence-electron chi connectivity index (χ3n) is 4.45. The number of thioether (sulfide) groups is 1. The second kappa shape index (κ2) is 9.68. The highest BCUT2D eigenvalue weighted by atomic mass is 35.5. The van der Waals surface area contributed by atoms with Crippen LogP contribution in [0.4, 0.5) is 4.79 Å². The van der Waals surface area contributed by atoms with E-state index in [0.717, 1.165) is 28.0 Å². The van der Waals surface area contributed by atoms with E-state index in [1.54, 1.807) is 29.0 Å². The lowest BCUT2D eigenvalue weighted by Gasteiger charge is -2.13. The molecule has 3 rings (SSSR count). The Bertz CT molecular complexity index is 1040. The van der Waals surface area contributed by atoms with Gasteiger partial charge in [0, 0.05) is 31.7 Å². The lowest BCUT2D eigenvalue weighted by atomic mass is 10.2. The lowest BCUT2D eigenvalue weighted by Crippen LogP contribution is -2.37. The summed E-state index contributed by atoms with van der Waals surface area (Å²) < 4.78 is 1.77. The Morgan fingerprint density at radius 2 is 2.00 bits per heavy atom. The maximum absolute atomic E-state index is 12.6. The fourth-order valence-electron chi connectivity index (χ4n) is 2.97. The van der Waals surface area contributed by atoms with E-state index in [1.165, 1.54) is 0 Å². The molecule has 0 aliphatic carbocycles. The van der Waals surface area contributed by atoms with Crippen molar-refractivity contribution in [3.63, 3.8) is 0 Å². The molecule has 0 atom stereocenters. The van der Waals surface area contributed by atoms with Crippen LogP contribution in [0.15, 0.2) is 29.2 Å². The zero-order chi connectivity index (χ0) is 21.8. The van der Waals surface area contributed by atoms with Crippen molar-refractivity contribution in [2.24, 2.45) is 0 Å². The molecule has 1 saturated heterocycles. The number of carbonyl (C=O) groups is 3. The Hall–Kier alpha value is -2.29. The highest BCUT2D eigenvalue weighted by Gasteiger charge is 2.34. The van der Waals surface area contributed by atoms with Gasteiger partial charge in [-0.25, -0.2) is 0 Å². The second-order valence-corrected chi connectivity index (χ2v) is 8.50. The smallest absolute Gasteiger partial charge is 0.293 e. The molecule has 2 aromatic rings. The summed E-state index contributed by atoms with van der Waals surface area (Å²) in [5, 5.41) is 7.35. The summed E-state index contributed by atoms with van der Waals surface area (Å²) >= 11 is 13.0. The van der Waals surface area contributed by atoms with E-state index < -0.39 is 5.91 Å². The summed E-state index contributed by atoms with van der Waals surface area (Å²) in [6, 6.07) is 7.02. The van der Waals surface area contributed by atoms with E-state index in [9.17, 15) is 14.4 Å². The number of benzene rings is 1. The van der Waals surface area contributed by atoms with E-state index in [-0.39, 0.29) is 35.6 Å². The quantitative estimate of drug-likeness (QED) is 0.622. The number of carbonyl (C=O) groups excluding carboxylic acids is 3. The van der Waals surface area contributed by atoms with Crippen molar-refractivity contribution in [1.82, 2.24) is 20.0 Å². The first-order valence-electron chi connectivity index (χ1n) is 9.23. The van der Waals surface area contributed by atoms with Crippen LogP contribution in [0.2, 0.25) is 10.0 Å². The Labute approximate surface area is 188 Å². The van der Waals surface area contributed by atoms with E-state index in [0.29, 0.717) is 22.2 Å². The Morgan fingerprint density at radius 1 is 1.23 bits per heavy atom. The molecule has 30 heavy (non-hydrogen) atoms. The third kappa shape index (κ3) is 5.24. The number of hydrogen-bond donors (Lipinski definition) is 1. The maximum atomic E-state index is 12.6. The van der Waals surface area contributed by atoms with Gasteiger partial charge in [-0.05, 0) is 49.4 Å². The van der Waals surface area contributed by atoms with Gasteiger partial charge in [0.25, 0.3) is 11.1 Å². The number of nitrogens with one attached hydrogen (secondary N) is 1. The number of imide groups is 1. The average Bonchev–Trinajstić information content (AvgIpc) is 3.15. The summed E-state index contributed by atoms with van der Waals surface area (Å²) in [5.41, 5.74) is 2.45. The highest BCUT2D eigenvalue weighted by Crippen LogP contribution is 2.34. The van der Waals surface area contributed by atoms with Gasteiger partial charge in [-0.15, -0.1) is 0 Å². The molecule has 1 aromatic heterocycles. The van der Waals surface area contributed by atoms with Crippen LogP contribution in [0.25, 0.3) is 6.08 Å². The van der Waals surface area contributed by atoms with Crippen LogP contribution in [0.5, 0.6) is 0 Å². The first-order chi connectivity index (χ1) is 14.3.